The van der Waals surface area contributed by atoms with E-state index in [1.165, 1.54) is 12.1 Å². The lowest BCUT2D eigenvalue weighted by molar-refractivity contribution is 0.176. The van der Waals surface area contributed by atoms with Crippen LogP contribution in [0.4, 0.5) is 4.39 Å². The van der Waals surface area contributed by atoms with Gasteiger partial charge in [-0.2, -0.15) is 0 Å². The summed E-state index contributed by atoms with van der Waals surface area (Å²) in [6.07, 6.45) is 2.20. The lowest BCUT2D eigenvalue weighted by atomic mass is 10.0. The van der Waals surface area contributed by atoms with E-state index in [2.05, 4.69) is 0 Å². The molecule has 2 aromatic rings. The van der Waals surface area contributed by atoms with Gasteiger partial charge in [0.25, 0.3) is 0 Å². The molecule has 2 rings (SSSR count). The molecule has 0 spiro atoms. The van der Waals surface area contributed by atoms with Gasteiger partial charge in [-0.1, -0.05) is 19.1 Å². The minimum absolute atomic E-state index is 0.263. The van der Waals surface area contributed by atoms with Gasteiger partial charge in [0.1, 0.15) is 11.6 Å². The first-order valence-corrected chi connectivity index (χ1v) is 5.69. The normalized spacial score (nSPS) is 12.6. The van der Waals surface area contributed by atoms with Crippen molar-refractivity contribution >= 4 is 0 Å². The third kappa shape index (κ3) is 2.74. The van der Waals surface area contributed by atoms with Crippen molar-refractivity contribution in [2.45, 2.75) is 25.9 Å². The van der Waals surface area contributed by atoms with Crippen molar-refractivity contribution in [3.05, 3.63) is 59.3 Å². The van der Waals surface area contributed by atoms with Gasteiger partial charge in [0, 0.05) is 18.4 Å². The molecule has 0 fully saturated rings. The van der Waals surface area contributed by atoms with Crippen LogP contribution < -0.4 is 0 Å². The maximum atomic E-state index is 12.7. The van der Waals surface area contributed by atoms with E-state index in [9.17, 15) is 9.50 Å². The number of aliphatic hydroxyl groups is 1. The summed E-state index contributed by atoms with van der Waals surface area (Å²) in [5.41, 5.74) is 1.72. The maximum absolute atomic E-state index is 12.7. The SMILES string of the molecule is CCc1occc1C(O)Cc1ccc(F)cc1. The summed E-state index contributed by atoms with van der Waals surface area (Å²) >= 11 is 0. The first-order valence-electron chi connectivity index (χ1n) is 5.69. The third-order valence-corrected chi connectivity index (χ3v) is 2.80. The van der Waals surface area contributed by atoms with E-state index in [4.69, 9.17) is 4.42 Å². The van der Waals surface area contributed by atoms with Crippen molar-refractivity contribution in [3.63, 3.8) is 0 Å². The van der Waals surface area contributed by atoms with Crippen LogP contribution in [0, 0.1) is 5.82 Å². The lowest BCUT2D eigenvalue weighted by Gasteiger charge is -2.10. The minimum atomic E-state index is -0.603. The van der Waals surface area contributed by atoms with Gasteiger partial charge >= 0.3 is 0 Å². The fourth-order valence-corrected chi connectivity index (χ4v) is 1.89. The number of benzene rings is 1. The molecule has 0 bridgehead atoms. The Balaban J connectivity index is 2.11. The van der Waals surface area contributed by atoms with Crippen LogP contribution in [0.5, 0.6) is 0 Å². The zero-order valence-corrected chi connectivity index (χ0v) is 9.69. The molecule has 1 atom stereocenters. The Morgan fingerprint density at radius 2 is 1.94 bits per heavy atom. The van der Waals surface area contributed by atoms with Crippen molar-refractivity contribution in [1.82, 2.24) is 0 Å². The zero-order chi connectivity index (χ0) is 12.3. The van der Waals surface area contributed by atoms with Crippen LogP contribution in [0.15, 0.2) is 41.0 Å². The molecule has 0 amide bonds. The summed E-state index contributed by atoms with van der Waals surface area (Å²) in [5.74, 6) is 0.542. The number of aliphatic hydroxyl groups excluding tert-OH is 1. The molecule has 2 nitrogen and oxygen atoms in total. The summed E-state index contributed by atoms with van der Waals surface area (Å²) in [4.78, 5) is 0. The summed E-state index contributed by atoms with van der Waals surface area (Å²) in [7, 11) is 0. The van der Waals surface area contributed by atoms with Gasteiger partial charge in [0.2, 0.25) is 0 Å². The number of aryl methyl sites for hydroxylation is 1. The molecule has 0 saturated carbocycles. The Kier molecular flexibility index (Phi) is 3.59. The Labute approximate surface area is 99.7 Å². The maximum Gasteiger partial charge on any atom is 0.123 e. The third-order valence-electron chi connectivity index (χ3n) is 2.80. The highest BCUT2D eigenvalue weighted by molar-refractivity contribution is 5.24. The Morgan fingerprint density at radius 1 is 1.24 bits per heavy atom. The van der Waals surface area contributed by atoms with E-state index in [0.717, 1.165) is 23.3 Å². The van der Waals surface area contributed by atoms with Gasteiger partial charge < -0.3 is 9.52 Å². The van der Waals surface area contributed by atoms with E-state index >= 15 is 0 Å². The fraction of sp³-hybridized carbons (Fsp3) is 0.286. The molecule has 1 heterocycles. The first-order chi connectivity index (χ1) is 8.20. The van der Waals surface area contributed by atoms with Crippen molar-refractivity contribution < 1.29 is 13.9 Å². The van der Waals surface area contributed by atoms with E-state index < -0.39 is 6.10 Å². The standard InChI is InChI=1S/C14H15FO2/c1-2-14-12(7-8-17-14)13(16)9-10-3-5-11(15)6-4-10/h3-8,13,16H,2,9H2,1H3. The van der Waals surface area contributed by atoms with Crippen LogP contribution in [0.1, 0.15) is 29.9 Å². The van der Waals surface area contributed by atoms with Crippen LogP contribution in [0.3, 0.4) is 0 Å². The highest BCUT2D eigenvalue weighted by Gasteiger charge is 2.14. The second-order valence-corrected chi connectivity index (χ2v) is 4.00. The second kappa shape index (κ2) is 5.15. The van der Waals surface area contributed by atoms with E-state index in [0.29, 0.717) is 6.42 Å². The predicted octanol–water partition coefficient (Wildman–Crippen LogP) is 3.26. The van der Waals surface area contributed by atoms with Crippen molar-refractivity contribution in [3.8, 4) is 0 Å². The second-order valence-electron chi connectivity index (χ2n) is 4.00. The molecule has 17 heavy (non-hydrogen) atoms. The largest absolute Gasteiger partial charge is 0.469 e. The number of hydrogen-bond donors (Lipinski definition) is 1. The molecule has 3 heteroatoms. The Bertz CT molecular complexity index is 473. The topological polar surface area (TPSA) is 33.4 Å². The molecule has 1 unspecified atom stereocenters. The molecular formula is C14H15FO2. The molecular weight excluding hydrogens is 219 g/mol. The first kappa shape index (κ1) is 11.9. The van der Waals surface area contributed by atoms with Gasteiger partial charge in [-0.3, -0.25) is 0 Å². The number of furan rings is 1. The highest BCUT2D eigenvalue weighted by atomic mass is 19.1. The van der Waals surface area contributed by atoms with Gasteiger partial charge in [0.15, 0.2) is 0 Å². The van der Waals surface area contributed by atoms with Crippen LogP contribution >= 0.6 is 0 Å². The zero-order valence-electron chi connectivity index (χ0n) is 9.69. The average Bonchev–Trinajstić information content (AvgIpc) is 2.80. The number of rotatable bonds is 4. The number of hydrogen-bond acceptors (Lipinski definition) is 2. The Morgan fingerprint density at radius 3 is 2.59 bits per heavy atom. The summed E-state index contributed by atoms with van der Waals surface area (Å²) in [5, 5.41) is 10.1. The predicted molar refractivity (Wildman–Crippen MR) is 63.1 cm³/mol. The van der Waals surface area contributed by atoms with Crippen molar-refractivity contribution in [1.29, 1.82) is 0 Å². The monoisotopic (exact) mass is 234 g/mol. The Hall–Kier alpha value is -1.61. The van der Waals surface area contributed by atoms with Gasteiger partial charge in [-0.25, -0.2) is 4.39 Å². The molecule has 1 aromatic carbocycles. The van der Waals surface area contributed by atoms with Gasteiger partial charge in [0.05, 0.1) is 12.4 Å². The van der Waals surface area contributed by atoms with Gasteiger partial charge in [-0.15, -0.1) is 0 Å². The van der Waals surface area contributed by atoms with Crippen LogP contribution in [0.2, 0.25) is 0 Å². The summed E-state index contributed by atoms with van der Waals surface area (Å²) in [6, 6.07) is 7.96. The summed E-state index contributed by atoms with van der Waals surface area (Å²) < 4.78 is 18.0. The molecule has 0 aliphatic rings. The molecule has 0 saturated heterocycles. The lowest BCUT2D eigenvalue weighted by Crippen LogP contribution is -2.03. The summed E-state index contributed by atoms with van der Waals surface area (Å²) in [6.45, 7) is 1.98. The highest BCUT2D eigenvalue weighted by Crippen LogP contribution is 2.23. The molecule has 1 N–H and O–H groups in total. The minimum Gasteiger partial charge on any atom is -0.469 e. The van der Waals surface area contributed by atoms with E-state index in [-0.39, 0.29) is 5.82 Å². The average molecular weight is 234 g/mol. The van der Waals surface area contributed by atoms with Gasteiger partial charge in [-0.05, 0) is 23.8 Å². The fourth-order valence-electron chi connectivity index (χ4n) is 1.89. The molecule has 90 valence electrons. The van der Waals surface area contributed by atoms with Crippen molar-refractivity contribution in [2.24, 2.45) is 0 Å². The number of halogens is 1. The van der Waals surface area contributed by atoms with E-state index in [1.54, 1.807) is 24.5 Å². The molecule has 0 radical (unpaired) electrons. The molecule has 1 aromatic heterocycles. The van der Waals surface area contributed by atoms with Crippen LogP contribution in [0.25, 0.3) is 0 Å². The van der Waals surface area contributed by atoms with Crippen LogP contribution in [-0.2, 0) is 12.8 Å². The smallest absolute Gasteiger partial charge is 0.123 e. The van der Waals surface area contributed by atoms with Crippen molar-refractivity contribution in [2.75, 3.05) is 0 Å². The molecule has 0 aliphatic heterocycles. The molecule has 0 aliphatic carbocycles. The van der Waals surface area contributed by atoms with Crippen LogP contribution in [-0.4, -0.2) is 5.11 Å². The quantitative estimate of drug-likeness (QED) is 0.880. The van der Waals surface area contributed by atoms with E-state index in [1.807, 2.05) is 6.92 Å².